The molecule has 1 rings (SSSR count). The molecule has 0 radical (unpaired) electrons. The summed E-state index contributed by atoms with van der Waals surface area (Å²) in [5.41, 5.74) is 1.78. The fourth-order valence-electron chi connectivity index (χ4n) is 1.71. The first-order valence-electron chi connectivity index (χ1n) is 6.37. The summed E-state index contributed by atoms with van der Waals surface area (Å²) in [5, 5.41) is 5.64. The molecule has 0 spiro atoms. The van der Waals surface area contributed by atoms with Gasteiger partial charge in [-0.1, -0.05) is 19.8 Å². The van der Waals surface area contributed by atoms with Gasteiger partial charge in [-0.2, -0.15) is 0 Å². The Morgan fingerprint density at radius 1 is 1.33 bits per heavy atom. The highest BCUT2D eigenvalue weighted by molar-refractivity contribution is 5.89. The topological polar surface area (TPSA) is 50.4 Å². The molecule has 0 aliphatic rings. The molecule has 18 heavy (non-hydrogen) atoms. The second-order valence-corrected chi connectivity index (χ2v) is 4.27. The maximum Gasteiger partial charge on any atom is 0.319 e. The Morgan fingerprint density at radius 3 is 2.72 bits per heavy atom. The maximum absolute atomic E-state index is 11.6. The van der Waals surface area contributed by atoms with Crippen LogP contribution >= 0.6 is 0 Å². The van der Waals surface area contributed by atoms with Crippen molar-refractivity contribution in [2.75, 3.05) is 19.0 Å². The van der Waals surface area contributed by atoms with E-state index in [1.165, 1.54) is 0 Å². The van der Waals surface area contributed by atoms with Crippen molar-refractivity contribution >= 4 is 11.7 Å². The van der Waals surface area contributed by atoms with Crippen molar-refractivity contribution in [2.24, 2.45) is 0 Å². The van der Waals surface area contributed by atoms with Gasteiger partial charge in [-0.05, 0) is 37.1 Å². The molecule has 4 heteroatoms. The summed E-state index contributed by atoms with van der Waals surface area (Å²) in [6.07, 6.45) is 3.31. The minimum atomic E-state index is -0.157. The largest absolute Gasteiger partial charge is 0.496 e. The Kier molecular flexibility index (Phi) is 6.05. The molecular weight excluding hydrogens is 228 g/mol. The smallest absolute Gasteiger partial charge is 0.319 e. The number of amides is 2. The summed E-state index contributed by atoms with van der Waals surface area (Å²) >= 11 is 0. The lowest BCUT2D eigenvalue weighted by molar-refractivity contribution is 0.252. The summed E-state index contributed by atoms with van der Waals surface area (Å²) in [5.74, 6) is 0.823. The number of aryl methyl sites for hydroxylation is 1. The summed E-state index contributed by atoms with van der Waals surface area (Å²) in [7, 11) is 1.63. The number of methoxy groups -OCH3 is 1. The van der Waals surface area contributed by atoms with Crippen molar-refractivity contribution in [3.63, 3.8) is 0 Å². The van der Waals surface area contributed by atoms with E-state index in [0.29, 0.717) is 0 Å². The lowest BCUT2D eigenvalue weighted by Crippen LogP contribution is -2.29. The first-order chi connectivity index (χ1) is 8.67. The van der Waals surface area contributed by atoms with Gasteiger partial charge >= 0.3 is 6.03 Å². The normalized spacial score (nSPS) is 9.94. The van der Waals surface area contributed by atoms with Crippen LogP contribution in [-0.2, 0) is 0 Å². The molecule has 0 aliphatic carbocycles. The Hall–Kier alpha value is -1.71. The number of nitrogens with one attached hydrogen (secondary N) is 2. The van der Waals surface area contributed by atoms with Gasteiger partial charge in [-0.3, -0.25) is 0 Å². The molecule has 2 amide bonds. The Balaban J connectivity index is 2.42. The van der Waals surface area contributed by atoms with Gasteiger partial charge in [-0.15, -0.1) is 0 Å². The van der Waals surface area contributed by atoms with Crippen molar-refractivity contribution in [1.82, 2.24) is 5.32 Å². The average molecular weight is 250 g/mol. The monoisotopic (exact) mass is 250 g/mol. The fraction of sp³-hybridized carbons (Fsp3) is 0.500. The van der Waals surface area contributed by atoms with Crippen molar-refractivity contribution in [3.8, 4) is 5.75 Å². The van der Waals surface area contributed by atoms with Gasteiger partial charge in [-0.25, -0.2) is 4.79 Å². The molecule has 0 heterocycles. The van der Waals surface area contributed by atoms with Crippen molar-refractivity contribution in [3.05, 3.63) is 23.8 Å². The van der Waals surface area contributed by atoms with Gasteiger partial charge in [0.15, 0.2) is 0 Å². The van der Waals surface area contributed by atoms with Crippen LogP contribution in [0.4, 0.5) is 10.5 Å². The van der Waals surface area contributed by atoms with E-state index in [9.17, 15) is 4.79 Å². The lowest BCUT2D eigenvalue weighted by atomic mass is 10.2. The van der Waals surface area contributed by atoms with E-state index in [4.69, 9.17) is 4.74 Å². The van der Waals surface area contributed by atoms with E-state index in [2.05, 4.69) is 17.6 Å². The molecule has 4 nitrogen and oxygen atoms in total. The number of rotatable bonds is 6. The molecule has 1 aromatic carbocycles. The lowest BCUT2D eigenvalue weighted by Gasteiger charge is -2.10. The third-order valence-corrected chi connectivity index (χ3v) is 2.72. The van der Waals surface area contributed by atoms with E-state index < -0.39 is 0 Å². The van der Waals surface area contributed by atoms with Crippen molar-refractivity contribution in [2.45, 2.75) is 33.1 Å². The number of carbonyl (C=O) groups excluding carboxylic acids is 1. The molecule has 0 saturated heterocycles. The number of urea groups is 1. The quantitative estimate of drug-likeness (QED) is 0.761. The highest BCUT2D eigenvalue weighted by Crippen LogP contribution is 2.21. The van der Waals surface area contributed by atoms with Gasteiger partial charge in [0.25, 0.3) is 0 Å². The standard InChI is InChI=1S/C14H22N2O2/c1-4-5-6-9-15-14(17)16-12-7-8-13(18-3)11(2)10-12/h7-8,10H,4-6,9H2,1-3H3,(H2,15,16,17). The first-order valence-corrected chi connectivity index (χ1v) is 6.37. The van der Waals surface area contributed by atoms with Gasteiger partial charge in [0.2, 0.25) is 0 Å². The average Bonchev–Trinajstić information content (AvgIpc) is 2.35. The van der Waals surface area contributed by atoms with E-state index in [1.54, 1.807) is 7.11 Å². The van der Waals surface area contributed by atoms with Crippen LogP contribution in [0.2, 0.25) is 0 Å². The number of hydrogen-bond acceptors (Lipinski definition) is 2. The second kappa shape index (κ2) is 7.58. The SMILES string of the molecule is CCCCCNC(=O)Nc1ccc(OC)c(C)c1. The maximum atomic E-state index is 11.6. The minimum Gasteiger partial charge on any atom is -0.496 e. The van der Waals surface area contributed by atoms with Crippen LogP contribution < -0.4 is 15.4 Å². The fourth-order valence-corrected chi connectivity index (χ4v) is 1.71. The highest BCUT2D eigenvalue weighted by Gasteiger charge is 2.03. The van der Waals surface area contributed by atoms with Gasteiger partial charge in [0.1, 0.15) is 5.75 Å². The Labute approximate surface area is 109 Å². The number of anilines is 1. The third-order valence-electron chi connectivity index (χ3n) is 2.72. The molecular formula is C14H22N2O2. The molecule has 100 valence electrons. The highest BCUT2D eigenvalue weighted by atomic mass is 16.5. The van der Waals surface area contributed by atoms with Gasteiger partial charge < -0.3 is 15.4 Å². The van der Waals surface area contributed by atoms with Crippen LogP contribution in [0.1, 0.15) is 31.7 Å². The Morgan fingerprint density at radius 2 is 2.11 bits per heavy atom. The van der Waals surface area contributed by atoms with Crippen LogP contribution in [-0.4, -0.2) is 19.7 Å². The third kappa shape index (κ3) is 4.65. The summed E-state index contributed by atoms with van der Waals surface area (Å²) < 4.78 is 5.17. The number of benzene rings is 1. The zero-order chi connectivity index (χ0) is 13.4. The van der Waals surface area contributed by atoms with Crippen molar-refractivity contribution in [1.29, 1.82) is 0 Å². The zero-order valence-electron chi connectivity index (χ0n) is 11.4. The van der Waals surface area contributed by atoms with Crippen LogP contribution in [0, 0.1) is 6.92 Å². The second-order valence-electron chi connectivity index (χ2n) is 4.27. The molecule has 0 bridgehead atoms. The van der Waals surface area contributed by atoms with Crippen LogP contribution in [0.5, 0.6) is 5.75 Å². The zero-order valence-corrected chi connectivity index (χ0v) is 11.4. The summed E-state index contributed by atoms with van der Waals surface area (Å²) in [6.45, 7) is 4.80. The molecule has 1 aromatic rings. The predicted molar refractivity (Wildman–Crippen MR) is 74.3 cm³/mol. The number of unbranched alkanes of at least 4 members (excludes halogenated alkanes) is 2. The van der Waals surface area contributed by atoms with E-state index in [-0.39, 0.29) is 6.03 Å². The Bertz CT molecular complexity index is 391. The van der Waals surface area contributed by atoms with Crippen molar-refractivity contribution < 1.29 is 9.53 Å². The van der Waals surface area contributed by atoms with E-state index in [0.717, 1.165) is 42.8 Å². The van der Waals surface area contributed by atoms with Crippen LogP contribution in [0.3, 0.4) is 0 Å². The van der Waals surface area contributed by atoms with Gasteiger partial charge in [0, 0.05) is 12.2 Å². The first kappa shape index (κ1) is 14.4. The van der Waals surface area contributed by atoms with E-state index in [1.807, 2.05) is 25.1 Å². The number of ether oxygens (including phenoxy) is 1. The molecule has 0 fully saturated rings. The molecule has 2 N–H and O–H groups in total. The molecule has 0 atom stereocenters. The van der Waals surface area contributed by atoms with Crippen LogP contribution in [0.15, 0.2) is 18.2 Å². The van der Waals surface area contributed by atoms with Gasteiger partial charge in [0.05, 0.1) is 7.11 Å². The molecule has 0 unspecified atom stereocenters. The molecule has 0 saturated carbocycles. The summed E-state index contributed by atoms with van der Waals surface area (Å²) in [4.78, 5) is 11.6. The molecule has 0 aromatic heterocycles. The number of carbonyl (C=O) groups is 1. The summed E-state index contributed by atoms with van der Waals surface area (Å²) in [6, 6.07) is 5.42. The minimum absolute atomic E-state index is 0.157. The molecule has 0 aliphatic heterocycles. The van der Waals surface area contributed by atoms with E-state index >= 15 is 0 Å². The van der Waals surface area contributed by atoms with Crippen LogP contribution in [0.25, 0.3) is 0 Å². The number of hydrogen-bond donors (Lipinski definition) is 2. The predicted octanol–water partition coefficient (Wildman–Crippen LogP) is 3.32.